The van der Waals surface area contributed by atoms with Gasteiger partial charge in [-0.2, -0.15) is 0 Å². The monoisotopic (exact) mass is 285 g/mol. The van der Waals surface area contributed by atoms with Crippen molar-refractivity contribution in [3.63, 3.8) is 0 Å². The van der Waals surface area contributed by atoms with Crippen molar-refractivity contribution in [2.75, 3.05) is 17.0 Å². The average Bonchev–Trinajstić information content (AvgIpc) is 2.38. The minimum absolute atomic E-state index is 0.0593. The molecule has 1 aromatic rings. The lowest BCUT2D eigenvalue weighted by molar-refractivity contribution is 0.475. The number of sulfonamides is 1. The maximum atomic E-state index is 11.8. The van der Waals surface area contributed by atoms with Gasteiger partial charge >= 0.3 is 0 Å². The largest absolute Gasteiger partial charge is 0.313 e. The molecule has 6 heteroatoms. The van der Waals surface area contributed by atoms with Crippen LogP contribution >= 0.6 is 0 Å². The van der Waals surface area contributed by atoms with Crippen LogP contribution in [-0.2, 0) is 10.0 Å². The lowest BCUT2D eigenvalue weighted by Gasteiger charge is -2.16. The second-order valence-electron chi connectivity index (χ2n) is 4.48. The Bertz CT molecular complexity index is 448. The Kier molecular flexibility index (Phi) is 6.80. The lowest BCUT2D eigenvalue weighted by Crippen LogP contribution is -2.34. The molecule has 0 fully saturated rings. The second kappa shape index (κ2) is 8.12. The van der Waals surface area contributed by atoms with E-state index in [0.29, 0.717) is 18.4 Å². The predicted octanol–water partition coefficient (Wildman–Crippen LogP) is 1.99. The SMILES string of the molecule is CCCC(CC)NCCS(=O)(=O)Nc1ccccn1. The molecule has 19 heavy (non-hydrogen) atoms. The third kappa shape index (κ3) is 6.54. The molecule has 0 saturated carbocycles. The first-order chi connectivity index (χ1) is 9.07. The van der Waals surface area contributed by atoms with Crippen molar-refractivity contribution in [2.45, 2.75) is 39.2 Å². The van der Waals surface area contributed by atoms with E-state index in [1.165, 1.54) is 0 Å². The molecule has 0 saturated heterocycles. The van der Waals surface area contributed by atoms with E-state index in [-0.39, 0.29) is 5.75 Å². The summed E-state index contributed by atoms with van der Waals surface area (Å²) in [6.07, 6.45) is 4.75. The fourth-order valence-electron chi connectivity index (χ4n) is 1.83. The second-order valence-corrected chi connectivity index (χ2v) is 6.33. The zero-order valence-corrected chi connectivity index (χ0v) is 12.4. The minimum atomic E-state index is -3.33. The van der Waals surface area contributed by atoms with Crippen LogP contribution in [0.15, 0.2) is 24.4 Å². The molecule has 0 bridgehead atoms. The van der Waals surface area contributed by atoms with Crippen molar-refractivity contribution in [2.24, 2.45) is 0 Å². The molecule has 5 nitrogen and oxygen atoms in total. The fourth-order valence-corrected chi connectivity index (χ4v) is 2.76. The van der Waals surface area contributed by atoms with E-state index in [0.717, 1.165) is 19.3 Å². The molecule has 0 amide bonds. The molecule has 0 spiro atoms. The highest BCUT2D eigenvalue weighted by atomic mass is 32.2. The van der Waals surface area contributed by atoms with Crippen molar-refractivity contribution in [3.8, 4) is 0 Å². The molecule has 0 radical (unpaired) electrons. The van der Waals surface area contributed by atoms with Crippen LogP contribution in [0.5, 0.6) is 0 Å². The number of anilines is 1. The van der Waals surface area contributed by atoms with Crippen molar-refractivity contribution in [3.05, 3.63) is 24.4 Å². The molecule has 0 aliphatic rings. The molecule has 1 rings (SSSR count). The molecule has 0 aliphatic carbocycles. The zero-order valence-electron chi connectivity index (χ0n) is 11.6. The summed E-state index contributed by atoms with van der Waals surface area (Å²) in [4.78, 5) is 3.94. The first-order valence-corrected chi connectivity index (χ1v) is 8.37. The van der Waals surface area contributed by atoms with E-state index in [9.17, 15) is 8.42 Å². The molecule has 1 heterocycles. The Morgan fingerprint density at radius 2 is 2.11 bits per heavy atom. The summed E-state index contributed by atoms with van der Waals surface area (Å²) < 4.78 is 26.1. The maximum absolute atomic E-state index is 11.8. The van der Waals surface area contributed by atoms with E-state index < -0.39 is 10.0 Å². The van der Waals surface area contributed by atoms with Crippen LogP contribution < -0.4 is 10.0 Å². The molecule has 0 aromatic carbocycles. The summed E-state index contributed by atoms with van der Waals surface area (Å²) in [6.45, 7) is 4.69. The van der Waals surface area contributed by atoms with Crippen LogP contribution in [0.1, 0.15) is 33.1 Å². The van der Waals surface area contributed by atoms with Gasteiger partial charge in [-0.05, 0) is 25.0 Å². The van der Waals surface area contributed by atoms with Gasteiger partial charge in [-0.3, -0.25) is 4.72 Å². The number of aromatic nitrogens is 1. The van der Waals surface area contributed by atoms with Crippen LogP contribution in [0.2, 0.25) is 0 Å². The minimum Gasteiger partial charge on any atom is -0.313 e. The Morgan fingerprint density at radius 1 is 1.32 bits per heavy atom. The van der Waals surface area contributed by atoms with Crippen LogP contribution in [0.25, 0.3) is 0 Å². The number of pyridine rings is 1. The normalized spacial score (nSPS) is 13.2. The Labute approximate surface area is 115 Å². The van der Waals surface area contributed by atoms with E-state index >= 15 is 0 Å². The number of hydrogen-bond donors (Lipinski definition) is 2. The highest BCUT2D eigenvalue weighted by Gasteiger charge is 2.12. The van der Waals surface area contributed by atoms with Crippen LogP contribution in [0.4, 0.5) is 5.82 Å². The topological polar surface area (TPSA) is 71.1 Å². The third-order valence-corrected chi connectivity index (χ3v) is 4.12. The molecular weight excluding hydrogens is 262 g/mol. The third-order valence-electron chi connectivity index (χ3n) is 2.86. The summed E-state index contributed by atoms with van der Waals surface area (Å²) in [5.41, 5.74) is 0. The Balaban J connectivity index is 2.39. The molecule has 1 atom stereocenters. The molecule has 2 N–H and O–H groups in total. The van der Waals surface area contributed by atoms with Gasteiger partial charge < -0.3 is 5.32 Å². The molecular formula is C13H23N3O2S. The summed E-state index contributed by atoms with van der Waals surface area (Å²) in [6, 6.07) is 5.53. The van der Waals surface area contributed by atoms with Gasteiger partial charge in [0.25, 0.3) is 0 Å². The summed E-state index contributed by atoms with van der Waals surface area (Å²) in [5.74, 6) is 0.423. The molecule has 0 aliphatic heterocycles. The van der Waals surface area contributed by atoms with Crippen LogP contribution in [-0.4, -0.2) is 31.7 Å². The van der Waals surface area contributed by atoms with Gasteiger partial charge in [0.1, 0.15) is 5.82 Å². The van der Waals surface area contributed by atoms with Crippen molar-refractivity contribution in [1.29, 1.82) is 0 Å². The highest BCUT2D eigenvalue weighted by molar-refractivity contribution is 7.92. The average molecular weight is 285 g/mol. The standard InChI is InChI=1S/C13H23N3O2S/c1-3-7-12(4-2)14-10-11-19(17,18)16-13-8-5-6-9-15-13/h5-6,8-9,12,14H,3-4,7,10-11H2,1-2H3,(H,15,16). The van der Waals surface area contributed by atoms with Gasteiger partial charge in [-0.15, -0.1) is 0 Å². The van der Waals surface area contributed by atoms with Gasteiger partial charge in [0.05, 0.1) is 5.75 Å². The van der Waals surface area contributed by atoms with Gasteiger partial charge in [-0.1, -0.05) is 26.3 Å². The quantitative estimate of drug-likeness (QED) is 0.728. The number of nitrogens with one attached hydrogen (secondary N) is 2. The smallest absolute Gasteiger partial charge is 0.235 e. The fraction of sp³-hybridized carbons (Fsp3) is 0.615. The van der Waals surface area contributed by atoms with Crippen molar-refractivity contribution >= 4 is 15.8 Å². The molecule has 1 aromatic heterocycles. The summed E-state index contributed by atoms with van der Waals surface area (Å²) >= 11 is 0. The Morgan fingerprint density at radius 3 is 2.68 bits per heavy atom. The van der Waals surface area contributed by atoms with E-state index in [2.05, 4.69) is 28.9 Å². The lowest BCUT2D eigenvalue weighted by atomic mass is 10.1. The van der Waals surface area contributed by atoms with Gasteiger partial charge in [0, 0.05) is 18.8 Å². The summed E-state index contributed by atoms with van der Waals surface area (Å²) in [7, 11) is -3.33. The van der Waals surface area contributed by atoms with E-state index in [4.69, 9.17) is 0 Å². The number of nitrogens with zero attached hydrogens (tertiary/aromatic N) is 1. The van der Waals surface area contributed by atoms with Gasteiger partial charge in [0.15, 0.2) is 0 Å². The Hall–Kier alpha value is -1.14. The number of hydrogen-bond acceptors (Lipinski definition) is 4. The molecule has 1 unspecified atom stereocenters. The maximum Gasteiger partial charge on any atom is 0.235 e. The number of rotatable bonds is 9. The summed E-state index contributed by atoms with van der Waals surface area (Å²) in [5, 5.41) is 3.27. The predicted molar refractivity (Wildman–Crippen MR) is 78.6 cm³/mol. The first kappa shape index (κ1) is 15.9. The first-order valence-electron chi connectivity index (χ1n) is 6.72. The van der Waals surface area contributed by atoms with Crippen LogP contribution in [0, 0.1) is 0 Å². The van der Waals surface area contributed by atoms with Gasteiger partial charge in [0.2, 0.25) is 10.0 Å². The molecule has 108 valence electrons. The van der Waals surface area contributed by atoms with E-state index in [1.807, 2.05) is 0 Å². The van der Waals surface area contributed by atoms with Crippen molar-refractivity contribution in [1.82, 2.24) is 10.3 Å². The zero-order chi connectivity index (χ0) is 14.1. The van der Waals surface area contributed by atoms with Crippen LogP contribution in [0.3, 0.4) is 0 Å². The van der Waals surface area contributed by atoms with Crippen molar-refractivity contribution < 1.29 is 8.42 Å². The highest BCUT2D eigenvalue weighted by Crippen LogP contribution is 2.04. The van der Waals surface area contributed by atoms with E-state index in [1.54, 1.807) is 24.4 Å². The van der Waals surface area contributed by atoms with Gasteiger partial charge in [-0.25, -0.2) is 13.4 Å².